The van der Waals surface area contributed by atoms with Gasteiger partial charge in [0.15, 0.2) is 6.10 Å². The van der Waals surface area contributed by atoms with Crippen LogP contribution in [0.3, 0.4) is 0 Å². The predicted octanol–water partition coefficient (Wildman–Crippen LogP) is 4.47. The van der Waals surface area contributed by atoms with Crippen molar-refractivity contribution in [1.82, 2.24) is 0 Å². The van der Waals surface area contributed by atoms with Gasteiger partial charge in [0.25, 0.3) is 13.5 Å². The van der Waals surface area contributed by atoms with Crippen molar-refractivity contribution >= 4 is 31.4 Å². The molecule has 0 aromatic heterocycles. The zero-order valence-electron chi connectivity index (χ0n) is 26.2. The largest absolute Gasteiger partial charge is 0.756 e. The summed E-state index contributed by atoms with van der Waals surface area (Å²) in [7, 11) is 0.876. The van der Waals surface area contributed by atoms with Crippen LogP contribution < -0.4 is 9.63 Å². The van der Waals surface area contributed by atoms with Crippen LogP contribution in [0.1, 0.15) is 77.6 Å². The first-order valence-corrected chi connectivity index (χ1v) is 16.4. The third-order valence-electron chi connectivity index (χ3n) is 6.18. The Balaban J connectivity index is 2.57. The first kappa shape index (κ1) is 39.1. The molecule has 0 radical (unpaired) electrons. The summed E-state index contributed by atoms with van der Waals surface area (Å²) in [6.07, 6.45) is 5.81. The molecule has 2 atom stereocenters. The van der Waals surface area contributed by atoms with Gasteiger partial charge in [0, 0.05) is 31.4 Å². The van der Waals surface area contributed by atoms with Crippen LogP contribution in [0.4, 0.5) is 5.69 Å². The fourth-order valence-electron chi connectivity index (χ4n) is 3.68. The number of hydrogen-bond acceptors (Lipinski definition) is 12. The monoisotopic (exact) mass is 646 g/mol. The second-order valence-electron chi connectivity index (χ2n) is 11.3. The van der Waals surface area contributed by atoms with E-state index in [2.05, 4.69) is 6.92 Å². The van der Waals surface area contributed by atoms with E-state index in [1.807, 2.05) is 21.1 Å². The average molecular weight is 647 g/mol. The minimum atomic E-state index is -4.72. The van der Waals surface area contributed by atoms with Crippen LogP contribution in [0, 0.1) is 10.1 Å². The fourth-order valence-corrected chi connectivity index (χ4v) is 4.41. The number of ether oxygens (including phenoxy) is 3. The van der Waals surface area contributed by atoms with Gasteiger partial charge in [-0.1, -0.05) is 45.4 Å². The molecule has 15 heteroatoms. The summed E-state index contributed by atoms with van der Waals surface area (Å²) in [5.74, 6) is -1.82. The number of rotatable bonds is 24. The molecule has 0 bridgehead atoms. The molecule has 0 amide bonds. The zero-order chi connectivity index (χ0) is 33.0. The highest BCUT2D eigenvalue weighted by Crippen LogP contribution is 2.38. The van der Waals surface area contributed by atoms with E-state index in [9.17, 15) is 34.0 Å². The van der Waals surface area contributed by atoms with Crippen LogP contribution in [0.15, 0.2) is 24.3 Å². The average Bonchev–Trinajstić information content (AvgIpc) is 2.93. The molecule has 0 aliphatic rings. The van der Waals surface area contributed by atoms with Crippen molar-refractivity contribution in [3.05, 3.63) is 34.4 Å². The predicted molar refractivity (Wildman–Crippen MR) is 158 cm³/mol. The number of hydrogen-bond donors (Lipinski definition) is 0. The SMILES string of the molecule is CCCCCCCCCC(=O)OCC(COP(=O)([O-])OCC[N+](C)(C)C)OC(=O)CCCC(=O)Oc1ccc([N+](=O)[O-])cc1. The first-order valence-electron chi connectivity index (χ1n) is 14.9. The molecule has 0 heterocycles. The topological polar surface area (TPSA) is 181 Å². The third-order valence-corrected chi connectivity index (χ3v) is 7.15. The van der Waals surface area contributed by atoms with E-state index in [0.717, 1.165) is 32.1 Å². The lowest BCUT2D eigenvalue weighted by Gasteiger charge is -2.28. The second kappa shape index (κ2) is 20.9. The van der Waals surface area contributed by atoms with Gasteiger partial charge in [-0.25, -0.2) is 0 Å². The Morgan fingerprint density at radius 2 is 1.43 bits per heavy atom. The molecular formula is C29H47N2O12P. The van der Waals surface area contributed by atoms with E-state index in [0.29, 0.717) is 17.4 Å². The maximum Gasteiger partial charge on any atom is 0.311 e. The lowest BCUT2D eigenvalue weighted by atomic mass is 10.1. The van der Waals surface area contributed by atoms with E-state index < -0.39 is 50.0 Å². The number of benzene rings is 1. The van der Waals surface area contributed by atoms with Crippen molar-refractivity contribution < 1.29 is 56.5 Å². The summed E-state index contributed by atoms with van der Waals surface area (Å²) in [5.41, 5.74) is -0.154. The summed E-state index contributed by atoms with van der Waals surface area (Å²) in [4.78, 5) is 59.1. The summed E-state index contributed by atoms with van der Waals surface area (Å²) < 4.78 is 38.1. The zero-order valence-corrected chi connectivity index (χ0v) is 27.1. The van der Waals surface area contributed by atoms with E-state index in [1.165, 1.54) is 30.7 Å². The Kier molecular flexibility index (Phi) is 18.6. The number of carbonyl (C=O) groups is 3. The lowest BCUT2D eigenvalue weighted by Crippen LogP contribution is -2.37. The van der Waals surface area contributed by atoms with Crippen LogP contribution in [0.25, 0.3) is 0 Å². The lowest BCUT2D eigenvalue weighted by molar-refractivity contribution is -0.870. The number of esters is 3. The van der Waals surface area contributed by atoms with E-state index in [1.54, 1.807) is 0 Å². The molecule has 0 aliphatic carbocycles. The maximum atomic E-state index is 12.5. The Morgan fingerprint density at radius 3 is 2.05 bits per heavy atom. The molecule has 1 rings (SSSR count). The van der Waals surface area contributed by atoms with Gasteiger partial charge in [0.2, 0.25) is 0 Å². The Bertz CT molecular complexity index is 1080. The van der Waals surface area contributed by atoms with Crippen molar-refractivity contribution in [2.24, 2.45) is 0 Å². The quantitative estimate of drug-likeness (QED) is 0.0293. The first-order chi connectivity index (χ1) is 20.7. The normalized spacial score (nSPS) is 13.5. The van der Waals surface area contributed by atoms with Crippen LogP contribution in [0.2, 0.25) is 0 Å². The van der Waals surface area contributed by atoms with Gasteiger partial charge in [-0.2, -0.15) is 0 Å². The highest BCUT2D eigenvalue weighted by atomic mass is 31.2. The standard InChI is InChI=1S/C29H47N2O12P/c1-5-6-7-8-9-10-11-13-27(32)39-22-26(23-41-44(37,38)40-21-20-31(2,3)4)43-29(34)15-12-14-28(33)42-25-18-16-24(17-19-25)30(35)36/h16-19,26H,5-15,20-23H2,1-4H3. The van der Waals surface area contributed by atoms with E-state index in [4.69, 9.17) is 23.3 Å². The summed E-state index contributed by atoms with van der Waals surface area (Å²) >= 11 is 0. The number of nitrogens with zero attached hydrogens (tertiary/aromatic N) is 2. The van der Waals surface area contributed by atoms with Gasteiger partial charge in [-0.3, -0.25) is 29.1 Å². The molecule has 2 unspecified atom stereocenters. The van der Waals surface area contributed by atoms with Crippen molar-refractivity contribution in [1.29, 1.82) is 0 Å². The number of phosphoric acid groups is 1. The molecule has 44 heavy (non-hydrogen) atoms. The van der Waals surface area contributed by atoms with Crippen LogP contribution in [-0.4, -0.2) is 80.9 Å². The van der Waals surface area contributed by atoms with Gasteiger partial charge >= 0.3 is 17.9 Å². The minimum Gasteiger partial charge on any atom is -0.756 e. The molecule has 0 N–H and O–H groups in total. The molecular weight excluding hydrogens is 599 g/mol. The van der Waals surface area contributed by atoms with Gasteiger partial charge in [-0.05, 0) is 25.0 Å². The Labute approximate surface area is 259 Å². The van der Waals surface area contributed by atoms with Crippen molar-refractivity contribution in [3.8, 4) is 5.75 Å². The molecule has 250 valence electrons. The van der Waals surface area contributed by atoms with Crippen molar-refractivity contribution in [2.75, 3.05) is 47.5 Å². The van der Waals surface area contributed by atoms with E-state index >= 15 is 0 Å². The third kappa shape index (κ3) is 20.1. The maximum absolute atomic E-state index is 12.5. The van der Waals surface area contributed by atoms with Gasteiger partial charge in [0.05, 0.1) is 32.7 Å². The van der Waals surface area contributed by atoms with Gasteiger partial charge < -0.3 is 32.6 Å². The molecule has 0 fully saturated rings. The van der Waals surface area contributed by atoms with Gasteiger partial charge in [-0.15, -0.1) is 0 Å². The van der Waals surface area contributed by atoms with Crippen LogP contribution in [0.5, 0.6) is 5.75 Å². The Morgan fingerprint density at radius 1 is 0.841 bits per heavy atom. The number of quaternary nitrogens is 1. The molecule has 0 saturated heterocycles. The number of non-ortho nitro benzene ring substituents is 1. The number of nitro benzene ring substituents is 1. The number of unbranched alkanes of at least 4 members (excludes halogenated alkanes) is 6. The summed E-state index contributed by atoms with van der Waals surface area (Å²) in [6.45, 7) is 1.39. The molecule has 0 spiro atoms. The number of likely N-dealkylation sites (N-methyl/N-ethyl adjacent to an activating group) is 1. The molecule has 1 aromatic carbocycles. The highest BCUT2D eigenvalue weighted by molar-refractivity contribution is 7.45. The van der Waals surface area contributed by atoms with Crippen LogP contribution >= 0.6 is 7.82 Å². The van der Waals surface area contributed by atoms with Crippen LogP contribution in [-0.2, 0) is 37.5 Å². The Hall–Kier alpha value is -2.90. The molecule has 1 aromatic rings. The number of nitro groups is 1. The molecule has 0 saturated carbocycles. The molecule has 0 aliphatic heterocycles. The summed E-state index contributed by atoms with van der Waals surface area (Å²) in [6, 6.07) is 4.95. The van der Waals surface area contributed by atoms with Gasteiger partial charge in [0.1, 0.15) is 25.5 Å². The smallest absolute Gasteiger partial charge is 0.311 e. The van der Waals surface area contributed by atoms with Crippen molar-refractivity contribution in [2.45, 2.75) is 83.7 Å². The minimum absolute atomic E-state index is 0.0461. The van der Waals surface area contributed by atoms with Crippen molar-refractivity contribution in [3.63, 3.8) is 0 Å². The van der Waals surface area contributed by atoms with E-state index in [-0.39, 0.29) is 43.7 Å². The highest BCUT2D eigenvalue weighted by Gasteiger charge is 2.22. The number of carbonyl (C=O) groups excluding carboxylic acids is 3. The number of phosphoric ester groups is 1. The second-order valence-corrected chi connectivity index (χ2v) is 12.7. The molecule has 14 nitrogen and oxygen atoms in total. The fraction of sp³-hybridized carbons (Fsp3) is 0.690. The summed E-state index contributed by atoms with van der Waals surface area (Å²) in [5, 5.41) is 10.7.